The van der Waals surface area contributed by atoms with Crippen molar-refractivity contribution in [3.05, 3.63) is 0 Å². The Balaban J connectivity index is 2.64. The quantitative estimate of drug-likeness (QED) is 0.679. The van der Waals surface area contributed by atoms with Crippen LogP contribution in [0.2, 0.25) is 0 Å². The highest BCUT2D eigenvalue weighted by Crippen LogP contribution is 2.26. The number of hydrogen-bond acceptors (Lipinski definition) is 3. The predicted octanol–water partition coefficient (Wildman–Crippen LogP) is 2.22. The largest absolute Gasteiger partial charge is 0.444 e. The van der Waals surface area contributed by atoms with Crippen LogP contribution in [0.15, 0.2) is 0 Å². The van der Waals surface area contributed by atoms with Crippen LogP contribution in [0.25, 0.3) is 0 Å². The van der Waals surface area contributed by atoms with E-state index in [2.05, 4.69) is 6.92 Å². The lowest BCUT2D eigenvalue weighted by Crippen LogP contribution is -2.40. The number of ether oxygens (including phenoxy) is 1. The average Bonchev–Trinajstić information content (AvgIpc) is 2.58. The van der Waals surface area contributed by atoms with E-state index >= 15 is 0 Å². The maximum absolute atomic E-state index is 11.8. The molecular formula is C12H21NO3. The first-order valence-corrected chi connectivity index (χ1v) is 5.82. The molecule has 92 valence electrons. The van der Waals surface area contributed by atoms with Crippen LogP contribution in [0, 0.1) is 5.92 Å². The number of rotatable bonds is 2. The maximum atomic E-state index is 11.8. The van der Waals surface area contributed by atoms with Gasteiger partial charge in [0.25, 0.3) is 0 Å². The van der Waals surface area contributed by atoms with Crippen molar-refractivity contribution in [2.45, 2.75) is 52.2 Å². The van der Waals surface area contributed by atoms with Gasteiger partial charge in [-0.25, -0.2) is 4.79 Å². The van der Waals surface area contributed by atoms with Crippen molar-refractivity contribution in [3.63, 3.8) is 0 Å². The molecule has 0 N–H and O–H groups in total. The molecule has 0 aromatic carbocycles. The summed E-state index contributed by atoms with van der Waals surface area (Å²) >= 11 is 0. The summed E-state index contributed by atoms with van der Waals surface area (Å²) in [7, 11) is 0. The molecular weight excluding hydrogens is 206 g/mol. The number of likely N-dealkylation sites (tertiary alicyclic amines) is 1. The van der Waals surface area contributed by atoms with Gasteiger partial charge in [-0.3, -0.25) is 4.90 Å². The number of hydrogen-bond donors (Lipinski definition) is 0. The van der Waals surface area contributed by atoms with E-state index in [0.717, 1.165) is 19.1 Å². The van der Waals surface area contributed by atoms with Gasteiger partial charge in [0.15, 0.2) is 0 Å². The fourth-order valence-electron chi connectivity index (χ4n) is 1.91. The molecule has 0 radical (unpaired) electrons. The Bertz CT molecular complexity index is 270. The van der Waals surface area contributed by atoms with Gasteiger partial charge in [0.05, 0.1) is 6.04 Å². The van der Waals surface area contributed by atoms with Crippen LogP contribution in [-0.4, -0.2) is 35.5 Å². The smallest absolute Gasteiger partial charge is 0.410 e. The lowest BCUT2D eigenvalue weighted by Gasteiger charge is -2.26. The van der Waals surface area contributed by atoms with Crippen LogP contribution < -0.4 is 0 Å². The second-order valence-corrected chi connectivity index (χ2v) is 5.35. The Hall–Kier alpha value is -1.06. The van der Waals surface area contributed by atoms with Crippen molar-refractivity contribution in [2.24, 2.45) is 5.92 Å². The predicted molar refractivity (Wildman–Crippen MR) is 61.2 cm³/mol. The second-order valence-electron chi connectivity index (χ2n) is 5.35. The van der Waals surface area contributed by atoms with Gasteiger partial charge in [-0.15, -0.1) is 0 Å². The van der Waals surface area contributed by atoms with E-state index in [1.165, 1.54) is 0 Å². The van der Waals surface area contributed by atoms with E-state index in [1.54, 1.807) is 4.90 Å². The maximum Gasteiger partial charge on any atom is 0.410 e. The lowest BCUT2D eigenvalue weighted by atomic mass is 10.0. The Morgan fingerprint density at radius 1 is 1.50 bits per heavy atom. The molecule has 0 spiro atoms. The van der Waals surface area contributed by atoms with Gasteiger partial charge in [0.1, 0.15) is 11.9 Å². The van der Waals surface area contributed by atoms with Crippen molar-refractivity contribution in [1.29, 1.82) is 0 Å². The molecule has 1 rings (SSSR count). The van der Waals surface area contributed by atoms with Crippen LogP contribution in [0.3, 0.4) is 0 Å². The molecule has 16 heavy (non-hydrogen) atoms. The van der Waals surface area contributed by atoms with Gasteiger partial charge in [0, 0.05) is 6.54 Å². The van der Waals surface area contributed by atoms with Crippen LogP contribution >= 0.6 is 0 Å². The molecule has 0 aliphatic carbocycles. The van der Waals surface area contributed by atoms with E-state index in [9.17, 15) is 9.59 Å². The zero-order chi connectivity index (χ0) is 12.3. The molecule has 1 saturated heterocycles. The van der Waals surface area contributed by atoms with Crippen molar-refractivity contribution in [3.8, 4) is 0 Å². The molecule has 4 heteroatoms. The van der Waals surface area contributed by atoms with Crippen LogP contribution in [-0.2, 0) is 9.53 Å². The van der Waals surface area contributed by atoms with Gasteiger partial charge in [-0.2, -0.15) is 0 Å². The molecule has 1 heterocycles. The Morgan fingerprint density at radius 3 is 2.56 bits per heavy atom. The molecule has 0 aromatic rings. The molecule has 1 fully saturated rings. The van der Waals surface area contributed by atoms with E-state index in [0.29, 0.717) is 12.5 Å². The summed E-state index contributed by atoms with van der Waals surface area (Å²) in [6, 6.07) is -0.306. The van der Waals surface area contributed by atoms with E-state index in [4.69, 9.17) is 4.74 Å². The minimum Gasteiger partial charge on any atom is -0.444 e. The van der Waals surface area contributed by atoms with E-state index < -0.39 is 5.60 Å². The van der Waals surface area contributed by atoms with Gasteiger partial charge >= 0.3 is 6.09 Å². The second kappa shape index (κ2) is 4.85. The highest BCUT2D eigenvalue weighted by Gasteiger charge is 2.36. The van der Waals surface area contributed by atoms with Crippen molar-refractivity contribution < 1.29 is 14.3 Å². The van der Waals surface area contributed by atoms with Crippen LogP contribution in [0.1, 0.15) is 40.5 Å². The fourth-order valence-corrected chi connectivity index (χ4v) is 1.91. The van der Waals surface area contributed by atoms with Gasteiger partial charge in [-0.05, 0) is 33.1 Å². The third kappa shape index (κ3) is 3.22. The standard InChI is InChI=1S/C12H21NO3/c1-5-9-6-10(8-14)13(7-9)11(15)16-12(2,3)4/h8-10H,5-7H2,1-4H3/t9-,10+/m1/s1. The molecule has 0 saturated carbocycles. The average molecular weight is 227 g/mol. The Labute approximate surface area is 96.9 Å². The van der Waals surface area contributed by atoms with E-state index in [1.807, 2.05) is 20.8 Å². The van der Waals surface area contributed by atoms with Gasteiger partial charge in [-0.1, -0.05) is 13.3 Å². The summed E-state index contributed by atoms with van der Waals surface area (Å²) in [5.41, 5.74) is -0.505. The summed E-state index contributed by atoms with van der Waals surface area (Å²) in [5.74, 6) is 0.419. The highest BCUT2D eigenvalue weighted by molar-refractivity contribution is 5.74. The Morgan fingerprint density at radius 2 is 2.12 bits per heavy atom. The molecule has 1 amide bonds. The minimum absolute atomic E-state index is 0.306. The third-order valence-corrected chi connectivity index (χ3v) is 2.79. The first-order valence-electron chi connectivity index (χ1n) is 5.82. The molecule has 4 nitrogen and oxygen atoms in total. The minimum atomic E-state index is -0.505. The van der Waals surface area contributed by atoms with Crippen molar-refractivity contribution in [1.82, 2.24) is 4.90 Å². The number of aldehydes is 1. The zero-order valence-electron chi connectivity index (χ0n) is 10.5. The summed E-state index contributed by atoms with van der Waals surface area (Å²) in [5, 5.41) is 0. The number of carbonyl (C=O) groups is 2. The summed E-state index contributed by atoms with van der Waals surface area (Å²) < 4.78 is 5.27. The Kier molecular flexibility index (Phi) is 3.94. The normalized spacial score (nSPS) is 25.6. The van der Waals surface area contributed by atoms with Crippen molar-refractivity contribution in [2.75, 3.05) is 6.54 Å². The number of nitrogens with zero attached hydrogens (tertiary/aromatic N) is 1. The van der Waals surface area contributed by atoms with Gasteiger partial charge in [0.2, 0.25) is 0 Å². The molecule has 1 aliphatic rings. The summed E-state index contributed by atoms with van der Waals surface area (Å²) in [6.45, 7) is 8.19. The first kappa shape index (κ1) is 13.0. The van der Waals surface area contributed by atoms with Crippen molar-refractivity contribution >= 4 is 12.4 Å². The van der Waals surface area contributed by atoms with Crippen LogP contribution in [0.4, 0.5) is 4.79 Å². The fraction of sp³-hybridized carbons (Fsp3) is 0.833. The molecule has 0 unspecified atom stereocenters. The monoisotopic (exact) mass is 227 g/mol. The van der Waals surface area contributed by atoms with Gasteiger partial charge < -0.3 is 9.53 Å². The summed E-state index contributed by atoms with van der Waals surface area (Å²) in [4.78, 5) is 24.3. The third-order valence-electron chi connectivity index (χ3n) is 2.79. The topological polar surface area (TPSA) is 46.6 Å². The number of amides is 1. The van der Waals surface area contributed by atoms with E-state index in [-0.39, 0.29) is 12.1 Å². The molecule has 0 bridgehead atoms. The molecule has 1 aliphatic heterocycles. The summed E-state index contributed by atoms with van der Waals surface area (Å²) in [6.07, 6.45) is 2.23. The number of carbonyl (C=O) groups excluding carboxylic acids is 2. The highest BCUT2D eigenvalue weighted by atomic mass is 16.6. The zero-order valence-corrected chi connectivity index (χ0v) is 10.5. The van der Waals surface area contributed by atoms with Crippen LogP contribution in [0.5, 0.6) is 0 Å². The SMILES string of the molecule is CC[C@@H]1C[C@@H](C=O)N(C(=O)OC(C)(C)C)C1. The molecule has 0 aromatic heterocycles. The molecule has 2 atom stereocenters. The first-order chi connectivity index (χ1) is 7.37. The lowest BCUT2D eigenvalue weighted by molar-refractivity contribution is -0.111.